The molecule has 2 saturated carbocycles. The molecular weight excluding hydrogens is 416 g/mol. The minimum atomic E-state index is -1.50. The third kappa shape index (κ3) is 6.31. The first-order chi connectivity index (χ1) is 15.8. The van der Waals surface area contributed by atoms with Crippen LogP contribution in [-0.4, -0.2) is 48.4 Å². The first kappa shape index (κ1) is 23.7. The van der Waals surface area contributed by atoms with E-state index in [1.54, 1.807) is 0 Å². The van der Waals surface area contributed by atoms with Crippen molar-refractivity contribution in [2.75, 3.05) is 11.9 Å². The molecule has 2 aromatic heterocycles. The molecule has 1 aromatic carbocycles. The lowest BCUT2D eigenvalue weighted by Crippen LogP contribution is -2.18. The Morgan fingerprint density at radius 2 is 1.82 bits per heavy atom. The van der Waals surface area contributed by atoms with E-state index in [1.807, 2.05) is 16.8 Å². The number of hydrogen-bond donors (Lipinski definition) is 4. The monoisotopic (exact) mass is 452 g/mol. The molecule has 2 atom stereocenters. The lowest BCUT2D eigenvalue weighted by atomic mass is 9.95. The molecular formula is C26H36N4O3. The van der Waals surface area contributed by atoms with Crippen LogP contribution in [0.1, 0.15) is 70.3 Å². The van der Waals surface area contributed by atoms with Crippen LogP contribution in [-0.2, 0) is 0 Å². The summed E-state index contributed by atoms with van der Waals surface area (Å²) in [6.45, 7) is 2.88. The van der Waals surface area contributed by atoms with Gasteiger partial charge in [-0.25, -0.2) is 4.98 Å². The first-order valence-corrected chi connectivity index (χ1v) is 12.1. The van der Waals surface area contributed by atoms with Gasteiger partial charge in [0.05, 0.1) is 5.69 Å². The molecule has 178 valence electrons. The molecule has 0 saturated heterocycles. The van der Waals surface area contributed by atoms with E-state index in [9.17, 15) is 5.11 Å². The fourth-order valence-corrected chi connectivity index (χ4v) is 4.94. The van der Waals surface area contributed by atoms with Crippen LogP contribution < -0.4 is 5.32 Å². The topological polar surface area (TPSA) is 103 Å². The van der Waals surface area contributed by atoms with E-state index in [0.717, 1.165) is 36.4 Å². The number of aliphatic hydroxyl groups is 3. The number of aliphatic hydroxyl groups excluding tert-OH is 1. The fourth-order valence-electron chi connectivity index (χ4n) is 4.94. The molecule has 2 unspecified atom stereocenters. The van der Waals surface area contributed by atoms with Crippen LogP contribution in [0.2, 0.25) is 0 Å². The summed E-state index contributed by atoms with van der Waals surface area (Å²) in [5, 5.41) is 34.0. The Morgan fingerprint density at radius 3 is 2.52 bits per heavy atom. The van der Waals surface area contributed by atoms with Gasteiger partial charge in [0.1, 0.15) is 5.82 Å². The summed E-state index contributed by atoms with van der Waals surface area (Å²) in [6, 6.07) is 13.3. The van der Waals surface area contributed by atoms with Crippen molar-refractivity contribution in [1.82, 2.24) is 14.6 Å². The van der Waals surface area contributed by atoms with Gasteiger partial charge < -0.3 is 20.6 Å². The second kappa shape index (κ2) is 10.2. The summed E-state index contributed by atoms with van der Waals surface area (Å²) < 4.78 is 1.92. The molecule has 0 amide bonds. The largest absolute Gasteiger partial charge is 0.396 e. The van der Waals surface area contributed by atoms with Gasteiger partial charge in [0.15, 0.2) is 11.4 Å². The van der Waals surface area contributed by atoms with Gasteiger partial charge in [-0.1, -0.05) is 31.0 Å². The Bertz CT molecular complexity index is 1050. The summed E-state index contributed by atoms with van der Waals surface area (Å²) in [4.78, 5) is 4.51. The van der Waals surface area contributed by atoms with Crippen LogP contribution in [0.4, 0.5) is 5.82 Å². The predicted octanol–water partition coefficient (Wildman–Crippen LogP) is 4.33. The van der Waals surface area contributed by atoms with Crippen molar-refractivity contribution in [3.63, 3.8) is 0 Å². The van der Waals surface area contributed by atoms with E-state index in [1.165, 1.54) is 50.7 Å². The van der Waals surface area contributed by atoms with Gasteiger partial charge in [-0.05, 0) is 75.5 Å². The maximum absolute atomic E-state index is 9.40. The van der Waals surface area contributed by atoms with Crippen molar-refractivity contribution in [1.29, 1.82) is 0 Å². The molecule has 2 aliphatic carbocycles. The minimum Gasteiger partial charge on any atom is -0.396 e. The first-order valence-electron chi connectivity index (χ1n) is 12.1. The Morgan fingerprint density at radius 1 is 1.06 bits per heavy atom. The molecule has 0 bridgehead atoms. The van der Waals surface area contributed by atoms with Crippen molar-refractivity contribution in [3.8, 4) is 11.3 Å². The lowest BCUT2D eigenvalue weighted by Gasteiger charge is -2.14. The molecule has 7 heteroatoms. The van der Waals surface area contributed by atoms with Gasteiger partial charge in [-0.3, -0.25) is 0 Å². The number of rotatable bonds is 5. The summed E-state index contributed by atoms with van der Waals surface area (Å²) in [7, 11) is 0. The molecule has 0 spiro atoms. The third-order valence-corrected chi connectivity index (χ3v) is 6.52. The number of anilines is 1. The molecule has 2 heterocycles. The Balaban J connectivity index is 0.000000471. The van der Waals surface area contributed by atoms with E-state index < -0.39 is 5.79 Å². The summed E-state index contributed by atoms with van der Waals surface area (Å²) >= 11 is 0. The normalized spacial score (nSPS) is 21.2. The number of benzene rings is 1. The summed E-state index contributed by atoms with van der Waals surface area (Å²) in [5.74, 6) is 0.599. The molecule has 33 heavy (non-hydrogen) atoms. The van der Waals surface area contributed by atoms with Gasteiger partial charge in [-0.2, -0.15) is 9.61 Å². The quantitative estimate of drug-likeness (QED) is 0.430. The van der Waals surface area contributed by atoms with Crippen molar-refractivity contribution in [2.45, 2.75) is 76.5 Å². The number of aromatic nitrogens is 3. The average molecular weight is 453 g/mol. The highest BCUT2D eigenvalue weighted by atomic mass is 16.5. The fraction of sp³-hybridized carbons (Fsp3) is 0.538. The second-order valence-corrected chi connectivity index (χ2v) is 9.93. The van der Waals surface area contributed by atoms with Crippen molar-refractivity contribution in [2.24, 2.45) is 5.92 Å². The Hall–Kier alpha value is -2.48. The molecule has 4 N–H and O–H groups in total. The van der Waals surface area contributed by atoms with E-state index in [2.05, 4.69) is 40.6 Å². The van der Waals surface area contributed by atoms with Crippen LogP contribution in [0, 0.1) is 5.92 Å². The van der Waals surface area contributed by atoms with Crippen LogP contribution in [0.15, 0.2) is 42.6 Å². The number of nitrogens with zero attached hydrogens (tertiary/aromatic N) is 3. The summed E-state index contributed by atoms with van der Waals surface area (Å²) in [6.07, 6.45) is 10.3. The van der Waals surface area contributed by atoms with Gasteiger partial charge in [-0.15, -0.1) is 0 Å². The number of nitrogens with one attached hydrogen (secondary N) is 1. The zero-order valence-corrected chi connectivity index (χ0v) is 19.6. The van der Waals surface area contributed by atoms with E-state index in [0.29, 0.717) is 17.9 Å². The number of hydrogen-bond acceptors (Lipinski definition) is 6. The molecule has 0 aliphatic heterocycles. The van der Waals surface area contributed by atoms with Crippen LogP contribution in [0.3, 0.4) is 0 Å². The third-order valence-electron chi connectivity index (χ3n) is 6.52. The van der Waals surface area contributed by atoms with Crippen molar-refractivity contribution in [3.05, 3.63) is 48.2 Å². The second-order valence-electron chi connectivity index (χ2n) is 9.93. The molecule has 7 nitrogen and oxygen atoms in total. The average Bonchev–Trinajstić information content (AvgIpc) is 3.53. The van der Waals surface area contributed by atoms with Gasteiger partial charge in [0.25, 0.3) is 0 Å². The molecule has 2 aliphatic rings. The Labute approximate surface area is 195 Å². The van der Waals surface area contributed by atoms with Crippen molar-refractivity contribution >= 4 is 11.5 Å². The van der Waals surface area contributed by atoms with Crippen molar-refractivity contribution < 1.29 is 15.3 Å². The van der Waals surface area contributed by atoms with Crippen LogP contribution in [0.25, 0.3) is 16.9 Å². The zero-order valence-electron chi connectivity index (χ0n) is 19.6. The minimum absolute atomic E-state index is 0.285. The molecule has 3 aromatic rings. The van der Waals surface area contributed by atoms with Gasteiger partial charge >= 0.3 is 0 Å². The van der Waals surface area contributed by atoms with Gasteiger partial charge in [0.2, 0.25) is 0 Å². The van der Waals surface area contributed by atoms with E-state index in [-0.39, 0.29) is 6.61 Å². The highest BCUT2D eigenvalue weighted by Crippen LogP contribution is 2.35. The van der Waals surface area contributed by atoms with Crippen LogP contribution >= 0.6 is 0 Å². The molecule has 0 radical (unpaired) electrons. The SMILES string of the molecule is CC(C)(O)O.OCC1CCC(Nc2ccnc3cc(-c4cccc(C5CCCC5)c4)nn23)C1. The van der Waals surface area contributed by atoms with E-state index in [4.69, 9.17) is 15.3 Å². The maximum Gasteiger partial charge on any atom is 0.157 e. The molecule has 2 fully saturated rings. The molecule has 5 rings (SSSR count). The van der Waals surface area contributed by atoms with E-state index >= 15 is 0 Å². The smallest absolute Gasteiger partial charge is 0.157 e. The van der Waals surface area contributed by atoms with Gasteiger partial charge in [0, 0.05) is 30.5 Å². The standard InChI is InChI=1S/C23H28N4O.C3H8O2/c28-15-16-8-9-20(12-16)25-22-10-11-24-23-14-21(26-27(22)23)19-7-3-6-18(13-19)17-4-1-2-5-17;1-3(2,4)5/h3,6-7,10-11,13-14,16-17,20,25,28H,1-2,4-5,8-9,12,15H2;4-5H,1-2H3. The number of fused-ring (bicyclic) bond motifs is 1. The summed E-state index contributed by atoms with van der Waals surface area (Å²) in [5.41, 5.74) is 4.45. The highest BCUT2D eigenvalue weighted by molar-refractivity contribution is 5.66. The highest BCUT2D eigenvalue weighted by Gasteiger charge is 2.24. The predicted molar refractivity (Wildman–Crippen MR) is 130 cm³/mol. The van der Waals surface area contributed by atoms with Crippen LogP contribution in [0.5, 0.6) is 0 Å². The Kier molecular flexibility index (Phi) is 7.32. The zero-order chi connectivity index (χ0) is 23.4. The maximum atomic E-state index is 9.40. The lowest BCUT2D eigenvalue weighted by molar-refractivity contribution is -0.127.